The van der Waals surface area contributed by atoms with Crippen LogP contribution in [0.1, 0.15) is 15.9 Å². The van der Waals surface area contributed by atoms with Gasteiger partial charge in [-0.15, -0.1) is 0 Å². The lowest BCUT2D eigenvalue weighted by atomic mass is 10.1. The largest absolute Gasteiger partial charge is 0.454 e. The van der Waals surface area contributed by atoms with Crippen molar-refractivity contribution in [2.45, 2.75) is 6.92 Å². The Morgan fingerprint density at radius 2 is 1.72 bits per heavy atom. The molecule has 0 radical (unpaired) electrons. The van der Waals surface area contributed by atoms with Gasteiger partial charge in [-0.2, -0.15) is 0 Å². The molecule has 0 bridgehead atoms. The first-order valence-electron chi connectivity index (χ1n) is 7.49. The highest BCUT2D eigenvalue weighted by Crippen LogP contribution is 2.02. The lowest BCUT2D eigenvalue weighted by Gasteiger charge is -2.08. The van der Waals surface area contributed by atoms with E-state index in [4.69, 9.17) is 4.74 Å². The van der Waals surface area contributed by atoms with Crippen molar-refractivity contribution >= 4 is 23.8 Å². The molecule has 0 spiro atoms. The summed E-state index contributed by atoms with van der Waals surface area (Å²) in [7, 11) is 1.47. The van der Waals surface area contributed by atoms with Crippen LogP contribution in [0.2, 0.25) is 0 Å². The number of imide groups is 1. The first kappa shape index (κ1) is 20.1. The van der Waals surface area contributed by atoms with E-state index < -0.39 is 30.4 Å². The van der Waals surface area contributed by atoms with E-state index in [1.54, 1.807) is 24.3 Å². The number of rotatable bonds is 8. The average Bonchev–Trinajstić information content (AvgIpc) is 2.58. The maximum Gasteiger partial charge on any atom is 0.325 e. The number of nitrogens with one attached hydrogen (secondary N) is 3. The van der Waals surface area contributed by atoms with E-state index in [1.807, 2.05) is 12.2 Å². The Bertz CT molecular complexity index is 615. The predicted molar refractivity (Wildman–Crippen MR) is 87.9 cm³/mol. The minimum absolute atomic E-state index is 0.237. The first-order valence-corrected chi connectivity index (χ1v) is 7.49. The summed E-state index contributed by atoms with van der Waals surface area (Å²) in [6, 6.07) is 6.09. The number of aryl methyl sites for hydroxylation is 1. The predicted octanol–water partition coefficient (Wildman–Crippen LogP) is -0.260. The van der Waals surface area contributed by atoms with Crippen LogP contribution in [0.4, 0.5) is 4.79 Å². The van der Waals surface area contributed by atoms with E-state index in [2.05, 4.69) is 15.4 Å². The number of ether oxygens (including phenoxy) is 2. The molecule has 136 valence electrons. The second kappa shape index (κ2) is 10.8. The molecule has 0 aliphatic carbocycles. The van der Waals surface area contributed by atoms with E-state index in [1.165, 1.54) is 7.11 Å². The molecule has 1 aromatic carbocycles. The van der Waals surface area contributed by atoms with Gasteiger partial charge in [-0.3, -0.25) is 19.7 Å². The Morgan fingerprint density at radius 3 is 2.36 bits per heavy atom. The lowest BCUT2D eigenvalue weighted by molar-refractivity contribution is -0.147. The molecule has 25 heavy (non-hydrogen) atoms. The third-order valence-electron chi connectivity index (χ3n) is 2.92. The fourth-order valence-electron chi connectivity index (χ4n) is 1.63. The molecule has 3 N–H and O–H groups in total. The van der Waals surface area contributed by atoms with Crippen LogP contribution in [0.3, 0.4) is 0 Å². The standard InChI is InChI=1S/C16H21N3O6/c1-11-3-5-12(6-4-11)15(22)18-9-14(21)25-10-13(20)19-16(23)17-7-8-24-2/h3-6H,7-10H2,1-2H3,(H,18,22)(H2,17,19,20,23). The Morgan fingerprint density at radius 1 is 1.04 bits per heavy atom. The highest BCUT2D eigenvalue weighted by atomic mass is 16.5. The van der Waals surface area contributed by atoms with Crippen molar-refractivity contribution in [3.8, 4) is 0 Å². The van der Waals surface area contributed by atoms with Gasteiger partial charge in [0.1, 0.15) is 6.54 Å². The van der Waals surface area contributed by atoms with Crippen molar-refractivity contribution in [1.29, 1.82) is 0 Å². The lowest BCUT2D eigenvalue weighted by Crippen LogP contribution is -2.42. The summed E-state index contributed by atoms with van der Waals surface area (Å²) in [6.07, 6.45) is 0. The summed E-state index contributed by atoms with van der Waals surface area (Å²) in [5, 5.41) is 6.73. The van der Waals surface area contributed by atoms with Crippen LogP contribution in [0.25, 0.3) is 0 Å². The normalized spacial score (nSPS) is 9.84. The number of carbonyl (C=O) groups excluding carboxylic acids is 4. The summed E-state index contributed by atoms with van der Waals surface area (Å²) in [5.74, 6) is -2.01. The van der Waals surface area contributed by atoms with Crippen LogP contribution >= 0.6 is 0 Å². The second-order valence-electron chi connectivity index (χ2n) is 5.01. The van der Waals surface area contributed by atoms with E-state index >= 15 is 0 Å². The van der Waals surface area contributed by atoms with Gasteiger partial charge >= 0.3 is 12.0 Å². The first-order chi connectivity index (χ1) is 11.9. The molecule has 0 atom stereocenters. The van der Waals surface area contributed by atoms with Gasteiger partial charge in [0.2, 0.25) is 0 Å². The number of urea groups is 1. The second-order valence-corrected chi connectivity index (χ2v) is 5.01. The van der Waals surface area contributed by atoms with Gasteiger partial charge in [0.15, 0.2) is 6.61 Å². The van der Waals surface area contributed by atoms with Crippen molar-refractivity contribution in [2.75, 3.05) is 33.4 Å². The average molecular weight is 351 g/mol. The zero-order valence-electron chi connectivity index (χ0n) is 14.1. The van der Waals surface area contributed by atoms with Crippen LogP contribution in [-0.4, -0.2) is 57.2 Å². The Hall–Kier alpha value is -2.94. The van der Waals surface area contributed by atoms with Crippen LogP contribution in [0, 0.1) is 6.92 Å². The summed E-state index contributed by atoms with van der Waals surface area (Å²) < 4.78 is 9.39. The number of amides is 4. The molecule has 1 rings (SSSR count). The van der Waals surface area contributed by atoms with Gasteiger partial charge in [0.25, 0.3) is 11.8 Å². The molecular formula is C16H21N3O6. The van der Waals surface area contributed by atoms with E-state index in [0.717, 1.165) is 5.56 Å². The fourth-order valence-corrected chi connectivity index (χ4v) is 1.63. The van der Waals surface area contributed by atoms with Gasteiger partial charge in [-0.25, -0.2) is 4.79 Å². The number of hydrogen-bond donors (Lipinski definition) is 3. The molecule has 0 heterocycles. The molecular weight excluding hydrogens is 330 g/mol. The number of benzene rings is 1. The monoisotopic (exact) mass is 351 g/mol. The minimum atomic E-state index is -0.796. The summed E-state index contributed by atoms with van der Waals surface area (Å²) in [4.78, 5) is 46.0. The summed E-state index contributed by atoms with van der Waals surface area (Å²) >= 11 is 0. The number of carbonyl (C=O) groups is 4. The molecule has 4 amide bonds. The zero-order chi connectivity index (χ0) is 18.7. The van der Waals surface area contributed by atoms with Gasteiger partial charge in [0.05, 0.1) is 6.61 Å². The molecule has 9 heteroatoms. The Labute approximate surface area is 145 Å². The maximum atomic E-state index is 11.8. The fraction of sp³-hybridized carbons (Fsp3) is 0.375. The molecule has 1 aromatic rings. The smallest absolute Gasteiger partial charge is 0.325 e. The quantitative estimate of drug-likeness (QED) is 0.438. The van der Waals surface area contributed by atoms with Crippen molar-refractivity contribution in [2.24, 2.45) is 0 Å². The van der Waals surface area contributed by atoms with Crippen LogP contribution < -0.4 is 16.0 Å². The minimum Gasteiger partial charge on any atom is -0.454 e. The molecule has 0 aliphatic rings. The van der Waals surface area contributed by atoms with E-state index in [0.29, 0.717) is 12.2 Å². The Kier molecular flexibility index (Phi) is 8.66. The van der Waals surface area contributed by atoms with E-state index in [-0.39, 0.29) is 13.1 Å². The third-order valence-corrected chi connectivity index (χ3v) is 2.92. The third kappa shape index (κ3) is 8.47. The van der Waals surface area contributed by atoms with Gasteiger partial charge in [0, 0.05) is 19.2 Å². The molecule has 0 fully saturated rings. The van der Waals surface area contributed by atoms with Crippen molar-refractivity contribution < 1.29 is 28.7 Å². The molecule has 0 aliphatic heterocycles. The molecule has 0 aromatic heterocycles. The molecule has 0 unspecified atom stereocenters. The number of hydrogen-bond acceptors (Lipinski definition) is 6. The molecule has 9 nitrogen and oxygen atoms in total. The molecule has 0 saturated heterocycles. The Balaban J connectivity index is 2.23. The van der Waals surface area contributed by atoms with Gasteiger partial charge in [-0.05, 0) is 19.1 Å². The van der Waals surface area contributed by atoms with Crippen LogP contribution in [0.15, 0.2) is 24.3 Å². The van der Waals surface area contributed by atoms with Gasteiger partial charge in [-0.1, -0.05) is 17.7 Å². The summed E-state index contributed by atoms with van der Waals surface area (Å²) in [5.41, 5.74) is 1.41. The SMILES string of the molecule is COCCNC(=O)NC(=O)COC(=O)CNC(=O)c1ccc(C)cc1. The highest BCUT2D eigenvalue weighted by molar-refractivity contribution is 5.97. The van der Waals surface area contributed by atoms with E-state index in [9.17, 15) is 19.2 Å². The number of methoxy groups -OCH3 is 1. The van der Waals surface area contributed by atoms with Crippen molar-refractivity contribution in [3.63, 3.8) is 0 Å². The van der Waals surface area contributed by atoms with Gasteiger partial charge < -0.3 is 20.1 Å². The van der Waals surface area contributed by atoms with Crippen LogP contribution in [-0.2, 0) is 19.1 Å². The van der Waals surface area contributed by atoms with Crippen molar-refractivity contribution in [3.05, 3.63) is 35.4 Å². The molecule has 0 saturated carbocycles. The number of esters is 1. The zero-order valence-corrected chi connectivity index (χ0v) is 14.1. The van der Waals surface area contributed by atoms with Crippen LogP contribution in [0.5, 0.6) is 0 Å². The van der Waals surface area contributed by atoms with Crippen molar-refractivity contribution in [1.82, 2.24) is 16.0 Å². The topological polar surface area (TPSA) is 123 Å². The summed E-state index contributed by atoms with van der Waals surface area (Å²) in [6.45, 7) is 1.41. The maximum absolute atomic E-state index is 11.8. The highest BCUT2D eigenvalue weighted by Gasteiger charge is 2.12.